The molecule has 1 amide bonds. The van der Waals surface area contributed by atoms with Crippen LogP contribution >= 0.6 is 11.8 Å². The Morgan fingerprint density at radius 1 is 1.00 bits per heavy atom. The van der Waals surface area contributed by atoms with Gasteiger partial charge in [-0.3, -0.25) is 4.79 Å². The van der Waals surface area contributed by atoms with Crippen molar-refractivity contribution >= 4 is 29.2 Å². The maximum Gasteiger partial charge on any atom is 0.274 e. The second-order valence-electron chi connectivity index (χ2n) is 9.57. The Labute approximate surface area is 232 Å². The Morgan fingerprint density at radius 2 is 1.77 bits per heavy atom. The molecule has 2 aliphatic rings. The fourth-order valence-corrected chi connectivity index (χ4v) is 5.81. The van der Waals surface area contributed by atoms with Crippen LogP contribution < -0.4 is 10.2 Å². The number of nitrogens with zero attached hydrogens (tertiary/aromatic N) is 5. The SMILES string of the molecule is CCc1ccc(-c2cc(C(=O)Nc3ccc(-c4nc5c(c(N6CCOCC6)n4)CSCC5)cc3)ncn2)cc1. The number of hydrogen-bond acceptors (Lipinski definition) is 8. The van der Waals surface area contributed by atoms with Crippen molar-refractivity contribution in [3.8, 4) is 22.6 Å². The van der Waals surface area contributed by atoms with Crippen molar-refractivity contribution in [2.24, 2.45) is 0 Å². The zero-order valence-corrected chi connectivity index (χ0v) is 22.7. The number of amides is 1. The van der Waals surface area contributed by atoms with E-state index in [4.69, 9.17) is 14.7 Å². The fourth-order valence-electron chi connectivity index (χ4n) is 4.83. The molecule has 0 bridgehead atoms. The molecule has 2 aliphatic heterocycles. The predicted octanol–water partition coefficient (Wildman–Crippen LogP) is 5.04. The van der Waals surface area contributed by atoms with Crippen molar-refractivity contribution in [2.45, 2.75) is 25.5 Å². The number of ether oxygens (including phenoxy) is 1. The Bertz CT molecular complexity index is 1470. The van der Waals surface area contributed by atoms with Gasteiger partial charge in [-0.25, -0.2) is 19.9 Å². The standard InChI is InChI=1S/C30H30N6O2S/c1-2-20-3-5-21(6-4-20)26-17-27(32-19-31-26)30(37)33-23-9-7-22(8-10-23)28-34-25-11-16-39-18-24(25)29(35-28)36-12-14-38-15-13-36/h3-10,17,19H,2,11-16,18H2,1H3,(H,33,37). The van der Waals surface area contributed by atoms with Crippen molar-refractivity contribution in [1.82, 2.24) is 19.9 Å². The van der Waals surface area contributed by atoms with Crippen LogP contribution in [0.1, 0.15) is 34.2 Å². The molecule has 0 atom stereocenters. The molecule has 0 spiro atoms. The third-order valence-electron chi connectivity index (χ3n) is 7.07. The molecule has 198 valence electrons. The van der Waals surface area contributed by atoms with E-state index in [0.717, 1.165) is 65.9 Å². The number of fused-ring (bicyclic) bond motifs is 1. The van der Waals surface area contributed by atoms with Gasteiger partial charge in [0.25, 0.3) is 5.91 Å². The molecule has 1 saturated heterocycles. The van der Waals surface area contributed by atoms with Crippen molar-refractivity contribution < 1.29 is 9.53 Å². The average molecular weight is 539 g/mol. The van der Waals surface area contributed by atoms with Crippen LogP contribution in [0.15, 0.2) is 60.9 Å². The summed E-state index contributed by atoms with van der Waals surface area (Å²) in [6, 6.07) is 17.6. The number of benzene rings is 2. The van der Waals surface area contributed by atoms with Crippen LogP contribution in [0.25, 0.3) is 22.6 Å². The highest BCUT2D eigenvalue weighted by Gasteiger charge is 2.24. The highest BCUT2D eigenvalue weighted by atomic mass is 32.2. The van der Waals surface area contributed by atoms with Gasteiger partial charge in [0.15, 0.2) is 5.82 Å². The Balaban J connectivity index is 1.20. The summed E-state index contributed by atoms with van der Waals surface area (Å²) >= 11 is 1.94. The quantitative estimate of drug-likeness (QED) is 0.365. The lowest BCUT2D eigenvalue weighted by Gasteiger charge is -2.31. The van der Waals surface area contributed by atoms with E-state index in [1.54, 1.807) is 6.07 Å². The summed E-state index contributed by atoms with van der Waals surface area (Å²) in [4.78, 5) is 33.8. The first-order valence-corrected chi connectivity index (χ1v) is 14.5. The lowest BCUT2D eigenvalue weighted by atomic mass is 10.1. The second-order valence-corrected chi connectivity index (χ2v) is 10.7. The second kappa shape index (κ2) is 11.5. The molecule has 0 saturated carbocycles. The minimum absolute atomic E-state index is 0.284. The molecule has 2 aromatic carbocycles. The fraction of sp³-hybridized carbons (Fsp3) is 0.300. The first-order valence-electron chi connectivity index (χ1n) is 13.3. The van der Waals surface area contributed by atoms with E-state index >= 15 is 0 Å². The predicted molar refractivity (Wildman–Crippen MR) is 155 cm³/mol. The zero-order valence-electron chi connectivity index (χ0n) is 21.9. The number of nitrogens with one attached hydrogen (secondary N) is 1. The smallest absolute Gasteiger partial charge is 0.274 e. The third kappa shape index (κ3) is 5.65. The first-order chi connectivity index (χ1) is 19.2. The number of thioether (sulfide) groups is 1. The van der Waals surface area contributed by atoms with Gasteiger partial charge >= 0.3 is 0 Å². The number of aryl methyl sites for hydroxylation is 2. The van der Waals surface area contributed by atoms with Crippen molar-refractivity contribution in [2.75, 3.05) is 42.3 Å². The molecule has 39 heavy (non-hydrogen) atoms. The maximum absolute atomic E-state index is 13.0. The summed E-state index contributed by atoms with van der Waals surface area (Å²) in [5.41, 5.74) is 7.23. The number of carbonyl (C=O) groups excluding carboxylic acids is 1. The van der Waals surface area contributed by atoms with Gasteiger partial charge in [-0.2, -0.15) is 11.8 Å². The van der Waals surface area contributed by atoms with Gasteiger partial charge in [0.1, 0.15) is 17.8 Å². The molecule has 0 aliphatic carbocycles. The Hall–Kier alpha value is -3.82. The van der Waals surface area contributed by atoms with E-state index in [-0.39, 0.29) is 5.91 Å². The summed E-state index contributed by atoms with van der Waals surface area (Å²) in [5.74, 6) is 3.49. The van der Waals surface area contributed by atoms with Crippen molar-refractivity contribution in [3.63, 3.8) is 0 Å². The molecule has 4 heterocycles. The summed E-state index contributed by atoms with van der Waals surface area (Å²) in [6.45, 7) is 5.24. The molecule has 4 aromatic rings. The lowest BCUT2D eigenvalue weighted by Crippen LogP contribution is -2.38. The lowest BCUT2D eigenvalue weighted by molar-refractivity contribution is 0.102. The summed E-state index contributed by atoms with van der Waals surface area (Å²) < 4.78 is 5.56. The third-order valence-corrected chi connectivity index (χ3v) is 8.06. The van der Waals surface area contributed by atoms with Crippen LogP contribution in [0.5, 0.6) is 0 Å². The number of aromatic nitrogens is 4. The van der Waals surface area contributed by atoms with Crippen molar-refractivity contribution in [1.29, 1.82) is 0 Å². The summed E-state index contributed by atoms with van der Waals surface area (Å²) in [6.07, 6.45) is 3.35. The van der Waals surface area contributed by atoms with Gasteiger partial charge < -0.3 is 15.0 Å². The van der Waals surface area contributed by atoms with Crippen LogP contribution in [0, 0.1) is 0 Å². The van der Waals surface area contributed by atoms with Crippen LogP contribution in [-0.2, 0) is 23.3 Å². The number of hydrogen-bond donors (Lipinski definition) is 1. The molecule has 6 rings (SSSR count). The maximum atomic E-state index is 13.0. The van der Waals surface area contributed by atoms with Crippen molar-refractivity contribution in [3.05, 3.63) is 83.4 Å². The highest BCUT2D eigenvalue weighted by Crippen LogP contribution is 2.33. The van der Waals surface area contributed by atoms with E-state index in [0.29, 0.717) is 30.3 Å². The number of morpholine rings is 1. The molecular weight excluding hydrogens is 508 g/mol. The zero-order chi connectivity index (χ0) is 26.6. The van der Waals surface area contributed by atoms with E-state index in [2.05, 4.69) is 39.2 Å². The molecule has 2 aromatic heterocycles. The molecule has 9 heteroatoms. The molecular formula is C30H30N6O2S. The molecule has 0 unspecified atom stereocenters. The first kappa shape index (κ1) is 25.5. The van der Waals surface area contributed by atoms with Gasteiger partial charge in [-0.15, -0.1) is 0 Å². The Kier molecular flexibility index (Phi) is 7.51. The number of rotatable bonds is 6. The minimum Gasteiger partial charge on any atom is -0.378 e. The van der Waals surface area contributed by atoms with Crippen LogP contribution in [0.4, 0.5) is 11.5 Å². The normalized spacial score (nSPS) is 15.1. The van der Waals surface area contributed by atoms with Gasteiger partial charge in [-0.1, -0.05) is 31.2 Å². The monoisotopic (exact) mass is 538 g/mol. The van der Waals surface area contributed by atoms with E-state index in [1.807, 2.05) is 48.2 Å². The largest absolute Gasteiger partial charge is 0.378 e. The summed E-state index contributed by atoms with van der Waals surface area (Å²) in [7, 11) is 0. The minimum atomic E-state index is -0.284. The van der Waals surface area contributed by atoms with Gasteiger partial charge in [-0.05, 0) is 54.5 Å². The van der Waals surface area contributed by atoms with E-state index < -0.39 is 0 Å². The van der Waals surface area contributed by atoms with Crippen LogP contribution in [-0.4, -0.2) is 57.9 Å². The molecule has 1 N–H and O–H groups in total. The van der Waals surface area contributed by atoms with Crippen LogP contribution in [0.2, 0.25) is 0 Å². The number of anilines is 2. The van der Waals surface area contributed by atoms with Gasteiger partial charge in [0.05, 0.1) is 24.6 Å². The van der Waals surface area contributed by atoms with E-state index in [9.17, 15) is 4.79 Å². The molecule has 8 nitrogen and oxygen atoms in total. The van der Waals surface area contributed by atoms with E-state index in [1.165, 1.54) is 17.5 Å². The van der Waals surface area contributed by atoms with Gasteiger partial charge in [0, 0.05) is 41.2 Å². The van der Waals surface area contributed by atoms with Crippen LogP contribution in [0.3, 0.4) is 0 Å². The highest BCUT2D eigenvalue weighted by molar-refractivity contribution is 7.98. The number of carbonyl (C=O) groups is 1. The topological polar surface area (TPSA) is 93.1 Å². The summed E-state index contributed by atoms with van der Waals surface area (Å²) in [5, 5.41) is 2.95. The van der Waals surface area contributed by atoms with Gasteiger partial charge in [0.2, 0.25) is 0 Å². The molecule has 0 radical (unpaired) electrons. The Morgan fingerprint density at radius 3 is 2.54 bits per heavy atom. The molecule has 1 fully saturated rings. The average Bonchev–Trinajstić information content (AvgIpc) is 3.01.